The number of aryl methyl sites for hydroxylation is 4. The molecular weight excluding hydrogens is 621 g/mol. The van der Waals surface area contributed by atoms with E-state index in [4.69, 9.17) is 9.97 Å². The molecule has 0 fully saturated rings. The van der Waals surface area contributed by atoms with Gasteiger partial charge in [0.15, 0.2) is 0 Å². The Labute approximate surface area is 301 Å². The summed E-state index contributed by atoms with van der Waals surface area (Å²) in [6.45, 7) is 11.2. The van der Waals surface area contributed by atoms with E-state index in [1.807, 2.05) is 12.4 Å². The number of allylic oxidation sites excluding steroid dienone is 4. The van der Waals surface area contributed by atoms with Crippen LogP contribution in [0.3, 0.4) is 0 Å². The van der Waals surface area contributed by atoms with E-state index in [9.17, 15) is 0 Å². The van der Waals surface area contributed by atoms with Crippen LogP contribution in [-0.4, -0.2) is 19.1 Å². The summed E-state index contributed by atoms with van der Waals surface area (Å²) in [5.41, 5.74) is 16.4. The summed E-state index contributed by atoms with van der Waals surface area (Å²) in [4.78, 5) is 9.98. The minimum absolute atomic E-state index is 0.538. The summed E-state index contributed by atoms with van der Waals surface area (Å²) in [5, 5.41) is 0. The van der Waals surface area contributed by atoms with Gasteiger partial charge in [0.25, 0.3) is 0 Å². The van der Waals surface area contributed by atoms with Gasteiger partial charge in [0.1, 0.15) is 11.6 Å². The fourth-order valence-electron chi connectivity index (χ4n) is 7.67. The Kier molecular flexibility index (Phi) is 8.45. The molecule has 0 saturated carbocycles. The van der Waals surface area contributed by atoms with Crippen molar-refractivity contribution in [3.05, 3.63) is 174 Å². The normalized spacial score (nSPS) is 14.1. The number of nitrogens with zero attached hydrogens (tertiary/aromatic N) is 4. The molecule has 1 aliphatic rings. The van der Waals surface area contributed by atoms with Gasteiger partial charge in [-0.05, 0) is 97.7 Å². The minimum atomic E-state index is 0.538. The van der Waals surface area contributed by atoms with Crippen LogP contribution in [0, 0.1) is 33.6 Å². The maximum Gasteiger partial charge on any atom is 0.144 e. The van der Waals surface area contributed by atoms with E-state index in [-0.39, 0.29) is 0 Å². The Morgan fingerprint density at radius 2 is 0.941 bits per heavy atom. The molecule has 0 bridgehead atoms. The predicted octanol–water partition coefficient (Wildman–Crippen LogP) is 11.9. The molecule has 4 heteroatoms. The van der Waals surface area contributed by atoms with Crippen molar-refractivity contribution in [3.63, 3.8) is 0 Å². The second-order valence-electron chi connectivity index (χ2n) is 13.8. The molecule has 0 radical (unpaired) electrons. The first-order chi connectivity index (χ1) is 24.9. The number of benzene rings is 5. The average Bonchev–Trinajstić information content (AvgIpc) is 3.80. The van der Waals surface area contributed by atoms with Crippen molar-refractivity contribution in [2.45, 2.75) is 41.0 Å². The molecule has 250 valence electrons. The molecule has 0 spiro atoms. The van der Waals surface area contributed by atoms with Gasteiger partial charge in [-0.15, -0.1) is 0 Å². The van der Waals surface area contributed by atoms with E-state index in [0.29, 0.717) is 5.92 Å². The summed E-state index contributed by atoms with van der Waals surface area (Å²) in [6, 6.07) is 40.9. The number of aromatic nitrogens is 4. The molecule has 0 aliphatic heterocycles. The molecule has 51 heavy (non-hydrogen) atoms. The lowest BCUT2D eigenvalue weighted by molar-refractivity contribution is 0.738. The van der Waals surface area contributed by atoms with Crippen molar-refractivity contribution >= 4 is 5.57 Å². The van der Waals surface area contributed by atoms with Crippen LogP contribution in [0.4, 0.5) is 0 Å². The first-order valence-electron chi connectivity index (χ1n) is 17.8. The second-order valence-corrected chi connectivity index (χ2v) is 13.8. The van der Waals surface area contributed by atoms with Crippen molar-refractivity contribution in [1.29, 1.82) is 0 Å². The first-order valence-corrected chi connectivity index (χ1v) is 17.8. The van der Waals surface area contributed by atoms with Gasteiger partial charge in [-0.25, -0.2) is 9.97 Å². The van der Waals surface area contributed by atoms with Gasteiger partial charge in [0.05, 0.1) is 23.8 Å². The van der Waals surface area contributed by atoms with Crippen LogP contribution in [0.5, 0.6) is 0 Å². The standard InChI is InChI=1S/C47H42N4/c1-31-21-23-39(24-22-31)47-49-30-43(37-17-11-7-12-18-37)51(47)41-27-34(4)45(35(5)28-41)44-32(2)25-40(26-33(44)3)50-42(36-15-9-6-10-16-36)29-48-46(50)38-19-13-8-14-20-38/h6-21,23-31H,22H2,1-5H3. The molecule has 2 heterocycles. The van der Waals surface area contributed by atoms with Crippen molar-refractivity contribution in [3.8, 4) is 56.4 Å². The Morgan fingerprint density at radius 1 is 0.529 bits per heavy atom. The minimum Gasteiger partial charge on any atom is -0.292 e. The van der Waals surface area contributed by atoms with Crippen LogP contribution in [-0.2, 0) is 0 Å². The zero-order valence-electron chi connectivity index (χ0n) is 29.9. The quantitative estimate of drug-likeness (QED) is 0.170. The summed E-state index contributed by atoms with van der Waals surface area (Å²) in [5.74, 6) is 2.44. The average molecular weight is 663 g/mol. The van der Waals surface area contributed by atoms with E-state index in [2.05, 4.69) is 177 Å². The van der Waals surface area contributed by atoms with Crippen molar-refractivity contribution < 1.29 is 0 Å². The van der Waals surface area contributed by atoms with Crippen LogP contribution < -0.4 is 0 Å². The molecule has 1 aliphatic carbocycles. The molecule has 1 unspecified atom stereocenters. The Balaban J connectivity index is 1.25. The summed E-state index contributed by atoms with van der Waals surface area (Å²) in [7, 11) is 0. The maximum absolute atomic E-state index is 5.01. The van der Waals surface area contributed by atoms with E-state index in [1.165, 1.54) is 39.0 Å². The lowest BCUT2D eigenvalue weighted by Crippen LogP contribution is -2.06. The van der Waals surface area contributed by atoms with Gasteiger partial charge >= 0.3 is 0 Å². The highest BCUT2D eigenvalue weighted by molar-refractivity contribution is 5.81. The van der Waals surface area contributed by atoms with Crippen LogP contribution in [0.25, 0.3) is 62.0 Å². The third kappa shape index (κ3) is 5.97. The number of imidazole rings is 2. The predicted molar refractivity (Wildman–Crippen MR) is 212 cm³/mol. The maximum atomic E-state index is 5.01. The SMILES string of the molecule is Cc1cc(-n2c(-c3ccccc3)cnc2C2=CCC(C)C=C2)cc(C)c1-c1c(C)cc(-n2c(-c3ccccc3)cnc2-c2ccccc2)cc1C. The van der Waals surface area contributed by atoms with Gasteiger partial charge < -0.3 is 0 Å². The summed E-state index contributed by atoms with van der Waals surface area (Å²) >= 11 is 0. The summed E-state index contributed by atoms with van der Waals surface area (Å²) in [6.07, 6.45) is 11.9. The van der Waals surface area contributed by atoms with Gasteiger partial charge in [-0.1, -0.05) is 116 Å². The van der Waals surface area contributed by atoms with Crippen molar-refractivity contribution in [2.75, 3.05) is 0 Å². The van der Waals surface area contributed by atoms with Gasteiger partial charge in [0, 0.05) is 33.6 Å². The Morgan fingerprint density at radius 3 is 1.37 bits per heavy atom. The largest absolute Gasteiger partial charge is 0.292 e. The fraction of sp³-hybridized carbons (Fsp3) is 0.149. The lowest BCUT2D eigenvalue weighted by Gasteiger charge is -2.22. The molecule has 2 aromatic heterocycles. The number of hydrogen-bond acceptors (Lipinski definition) is 2. The van der Waals surface area contributed by atoms with Gasteiger partial charge in [-0.3, -0.25) is 9.13 Å². The molecule has 0 saturated heterocycles. The first kappa shape index (κ1) is 32.2. The molecule has 0 N–H and O–H groups in total. The lowest BCUT2D eigenvalue weighted by atomic mass is 9.88. The molecule has 7 aromatic rings. The van der Waals surface area contributed by atoms with Crippen LogP contribution >= 0.6 is 0 Å². The topological polar surface area (TPSA) is 35.6 Å². The Hall–Kier alpha value is -6.00. The molecule has 0 amide bonds. The van der Waals surface area contributed by atoms with Crippen LogP contribution in [0.15, 0.2) is 146 Å². The summed E-state index contributed by atoms with van der Waals surface area (Å²) < 4.78 is 4.64. The second kappa shape index (κ2) is 13.4. The molecule has 5 aromatic carbocycles. The number of hydrogen-bond donors (Lipinski definition) is 0. The van der Waals surface area contributed by atoms with Crippen molar-refractivity contribution in [1.82, 2.24) is 19.1 Å². The van der Waals surface area contributed by atoms with E-state index in [1.54, 1.807) is 0 Å². The molecular formula is C47H42N4. The Bertz CT molecular complexity index is 2320. The number of rotatable bonds is 7. The monoisotopic (exact) mass is 662 g/mol. The van der Waals surface area contributed by atoms with Crippen LogP contribution in [0.2, 0.25) is 0 Å². The highest BCUT2D eigenvalue weighted by Gasteiger charge is 2.22. The van der Waals surface area contributed by atoms with Crippen LogP contribution in [0.1, 0.15) is 41.4 Å². The smallest absolute Gasteiger partial charge is 0.144 e. The van der Waals surface area contributed by atoms with Crippen molar-refractivity contribution in [2.24, 2.45) is 5.92 Å². The van der Waals surface area contributed by atoms with E-state index >= 15 is 0 Å². The third-order valence-electron chi connectivity index (χ3n) is 10.1. The van der Waals surface area contributed by atoms with E-state index < -0.39 is 0 Å². The molecule has 1 atom stereocenters. The zero-order chi connectivity index (χ0) is 35.1. The highest BCUT2D eigenvalue weighted by Crippen LogP contribution is 2.39. The van der Waals surface area contributed by atoms with E-state index in [0.717, 1.165) is 57.5 Å². The zero-order valence-corrected chi connectivity index (χ0v) is 29.9. The molecule has 8 rings (SSSR count). The fourth-order valence-corrected chi connectivity index (χ4v) is 7.67. The molecule has 4 nitrogen and oxygen atoms in total. The third-order valence-corrected chi connectivity index (χ3v) is 10.1. The van der Waals surface area contributed by atoms with Gasteiger partial charge in [-0.2, -0.15) is 0 Å². The highest BCUT2D eigenvalue weighted by atomic mass is 15.1. The van der Waals surface area contributed by atoms with Gasteiger partial charge in [0.2, 0.25) is 0 Å².